The Balaban J connectivity index is 1.73. The molecule has 0 saturated heterocycles. The van der Waals surface area contributed by atoms with Crippen LogP contribution in [0.15, 0.2) is 77.7 Å². The molecule has 1 aliphatic heterocycles. The zero-order valence-electron chi connectivity index (χ0n) is 14.2. The number of anilines is 2. The third kappa shape index (κ3) is 2.57. The smallest absolute Gasteiger partial charge is 0.118 e. The average Bonchev–Trinajstić information content (AvgIpc) is 2.97. The lowest BCUT2D eigenvalue weighted by molar-refractivity contribution is 0.414. The summed E-state index contributed by atoms with van der Waals surface area (Å²) >= 11 is 3.79. The maximum absolute atomic E-state index is 5.34. The van der Waals surface area contributed by atoms with Crippen LogP contribution in [-0.4, -0.2) is 7.11 Å². The van der Waals surface area contributed by atoms with Crippen molar-refractivity contribution >= 4 is 44.6 Å². The van der Waals surface area contributed by atoms with Crippen LogP contribution in [0.25, 0.3) is 10.1 Å². The molecule has 0 bridgehead atoms. The van der Waals surface area contributed by atoms with E-state index in [0.717, 1.165) is 5.75 Å². The molecule has 1 aromatic heterocycles. The van der Waals surface area contributed by atoms with Crippen LogP contribution < -0.4 is 10.1 Å². The molecule has 3 aromatic carbocycles. The fourth-order valence-corrected chi connectivity index (χ4v) is 6.00. The molecule has 1 atom stereocenters. The maximum atomic E-state index is 5.34. The van der Waals surface area contributed by atoms with Gasteiger partial charge >= 0.3 is 0 Å². The summed E-state index contributed by atoms with van der Waals surface area (Å²) in [5.74, 6) is 0.891. The number of benzene rings is 3. The van der Waals surface area contributed by atoms with Crippen molar-refractivity contribution in [1.29, 1.82) is 0 Å². The van der Waals surface area contributed by atoms with Gasteiger partial charge in [-0.05, 0) is 35.9 Å². The minimum absolute atomic E-state index is 0.254. The van der Waals surface area contributed by atoms with E-state index in [1.54, 1.807) is 7.11 Å². The highest BCUT2D eigenvalue weighted by Crippen LogP contribution is 2.54. The highest BCUT2D eigenvalue weighted by atomic mass is 32.2. The predicted octanol–water partition coefficient (Wildman–Crippen LogP) is 6.85. The first kappa shape index (κ1) is 15.8. The summed E-state index contributed by atoms with van der Waals surface area (Å²) in [5, 5.41) is 5.26. The quantitative estimate of drug-likeness (QED) is 0.414. The van der Waals surface area contributed by atoms with Gasteiger partial charge in [-0.25, -0.2) is 0 Å². The molecule has 2 heterocycles. The Kier molecular flexibility index (Phi) is 3.88. The van der Waals surface area contributed by atoms with Gasteiger partial charge < -0.3 is 10.1 Å². The van der Waals surface area contributed by atoms with E-state index in [2.05, 4.69) is 66.0 Å². The normalized spacial score (nSPS) is 15.7. The van der Waals surface area contributed by atoms with Crippen LogP contribution in [0.1, 0.15) is 15.7 Å². The van der Waals surface area contributed by atoms with Crippen LogP contribution >= 0.6 is 23.1 Å². The highest BCUT2D eigenvalue weighted by Gasteiger charge is 2.27. The van der Waals surface area contributed by atoms with Crippen molar-refractivity contribution in [2.24, 2.45) is 0 Å². The van der Waals surface area contributed by atoms with Crippen molar-refractivity contribution in [2.75, 3.05) is 12.4 Å². The molecule has 0 amide bonds. The van der Waals surface area contributed by atoms with Gasteiger partial charge in [0.25, 0.3) is 0 Å². The molecular formula is C22H17NOS2. The van der Waals surface area contributed by atoms with Crippen molar-refractivity contribution in [1.82, 2.24) is 0 Å². The van der Waals surface area contributed by atoms with Crippen molar-refractivity contribution in [3.63, 3.8) is 0 Å². The maximum Gasteiger partial charge on any atom is 0.118 e. The van der Waals surface area contributed by atoms with Crippen LogP contribution in [0.2, 0.25) is 0 Å². The number of hydrogen-bond acceptors (Lipinski definition) is 4. The largest absolute Gasteiger partial charge is 0.497 e. The van der Waals surface area contributed by atoms with Crippen LogP contribution in [0.3, 0.4) is 0 Å². The molecule has 1 unspecified atom stereocenters. The summed E-state index contributed by atoms with van der Waals surface area (Å²) in [6.07, 6.45) is 0. The molecule has 4 aromatic rings. The van der Waals surface area contributed by atoms with Crippen molar-refractivity contribution in [3.05, 3.63) is 83.2 Å². The Morgan fingerprint density at radius 1 is 0.885 bits per heavy atom. The summed E-state index contributed by atoms with van der Waals surface area (Å²) < 4.78 is 6.66. The number of fused-ring (bicyclic) bond motifs is 4. The van der Waals surface area contributed by atoms with Gasteiger partial charge in [0.05, 0.1) is 23.7 Å². The Hall–Kier alpha value is -2.43. The zero-order chi connectivity index (χ0) is 17.5. The molecular weight excluding hydrogens is 358 g/mol. The lowest BCUT2D eigenvalue weighted by Gasteiger charge is -2.15. The number of para-hydroxylation sites is 1. The van der Waals surface area contributed by atoms with Gasteiger partial charge in [-0.2, -0.15) is 0 Å². The molecule has 0 spiro atoms. The number of methoxy groups -OCH3 is 1. The summed E-state index contributed by atoms with van der Waals surface area (Å²) in [4.78, 5) is 2.65. The molecule has 1 aliphatic rings. The van der Waals surface area contributed by atoms with Crippen molar-refractivity contribution in [3.8, 4) is 5.75 Å². The third-order valence-electron chi connectivity index (χ3n) is 4.67. The second-order valence-electron chi connectivity index (χ2n) is 6.23. The number of thiophene rings is 1. The van der Waals surface area contributed by atoms with E-state index in [1.807, 2.05) is 35.2 Å². The Morgan fingerprint density at radius 2 is 1.65 bits per heavy atom. The van der Waals surface area contributed by atoms with Crippen LogP contribution in [-0.2, 0) is 0 Å². The highest BCUT2D eigenvalue weighted by molar-refractivity contribution is 8.00. The van der Waals surface area contributed by atoms with Crippen LogP contribution in [0, 0.1) is 0 Å². The summed E-state index contributed by atoms with van der Waals surface area (Å²) in [6.45, 7) is 0. The minimum Gasteiger partial charge on any atom is -0.497 e. The molecule has 26 heavy (non-hydrogen) atoms. The van der Waals surface area contributed by atoms with E-state index in [9.17, 15) is 0 Å². The molecule has 0 fully saturated rings. The van der Waals surface area contributed by atoms with Crippen molar-refractivity contribution < 1.29 is 4.74 Å². The number of thioether (sulfide) groups is 1. The molecule has 5 rings (SSSR count). The molecule has 0 saturated carbocycles. The molecule has 0 radical (unpaired) electrons. The Morgan fingerprint density at radius 3 is 2.50 bits per heavy atom. The molecule has 128 valence electrons. The second kappa shape index (κ2) is 6.38. The van der Waals surface area contributed by atoms with E-state index in [0.29, 0.717) is 0 Å². The Bertz CT molecular complexity index is 1080. The first-order valence-electron chi connectivity index (χ1n) is 8.51. The minimum atomic E-state index is 0.254. The number of nitrogens with one attached hydrogen (secondary N) is 1. The van der Waals surface area contributed by atoms with Gasteiger partial charge in [0.1, 0.15) is 5.75 Å². The van der Waals surface area contributed by atoms with Gasteiger partial charge in [-0.15, -0.1) is 23.1 Å². The van der Waals surface area contributed by atoms with Gasteiger partial charge in [0.2, 0.25) is 0 Å². The third-order valence-corrected chi connectivity index (χ3v) is 7.41. The monoisotopic (exact) mass is 375 g/mol. The standard InChI is InChI=1S/C22H17NOS2/c1-24-15-12-10-14(11-13-15)21-22-20(16-6-2-4-8-18(16)25-22)23-17-7-3-5-9-19(17)26-21/h2-13,21,23H,1H3. The van der Waals surface area contributed by atoms with Crippen molar-refractivity contribution in [2.45, 2.75) is 10.1 Å². The summed E-state index contributed by atoms with van der Waals surface area (Å²) in [5.41, 5.74) is 3.71. The van der Waals surface area contributed by atoms with Gasteiger partial charge in [-0.1, -0.05) is 42.5 Å². The molecule has 0 aliphatic carbocycles. The van der Waals surface area contributed by atoms with E-state index >= 15 is 0 Å². The summed E-state index contributed by atoms with van der Waals surface area (Å²) in [7, 11) is 1.71. The molecule has 4 heteroatoms. The van der Waals surface area contributed by atoms with E-state index in [-0.39, 0.29) is 5.25 Å². The fraction of sp³-hybridized carbons (Fsp3) is 0.0909. The van der Waals surface area contributed by atoms with E-state index in [4.69, 9.17) is 4.74 Å². The number of hydrogen-bond donors (Lipinski definition) is 1. The lowest BCUT2D eigenvalue weighted by atomic mass is 10.1. The number of ether oxygens (including phenoxy) is 1. The van der Waals surface area contributed by atoms with E-state index < -0.39 is 0 Å². The van der Waals surface area contributed by atoms with Gasteiger partial charge in [0.15, 0.2) is 0 Å². The Labute approximate surface area is 160 Å². The zero-order valence-corrected chi connectivity index (χ0v) is 15.9. The molecule has 2 nitrogen and oxygen atoms in total. The first-order chi connectivity index (χ1) is 12.8. The summed E-state index contributed by atoms with van der Waals surface area (Å²) in [6, 6.07) is 25.7. The first-order valence-corrected chi connectivity index (χ1v) is 10.2. The second-order valence-corrected chi connectivity index (χ2v) is 8.46. The topological polar surface area (TPSA) is 21.3 Å². The van der Waals surface area contributed by atoms with Crippen LogP contribution in [0.4, 0.5) is 11.4 Å². The van der Waals surface area contributed by atoms with Gasteiger partial charge in [0, 0.05) is 19.9 Å². The average molecular weight is 376 g/mol. The molecule has 1 N–H and O–H groups in total. The lowest BCUT2D eigenvalue weighted by Crippen LogP contribution is -1.95. The predicted molar refractivity (Wildman–Crippen MR) is 112 cm³/mol. The fourth-order valence-electron chi connectivity index (χ4n) is 3.36. The van der Waals surface area contributed by atoms with Gasteiger partial charge in [-0.3, -0.25) is 0 Å². The number of rotatable bonds is 2. The SMILES string of the molecule is COc1ccc(C2Sc3ccccc3Nc3c2sc2ccccc32)cc1. The van der Waals surface area contributed by atoms with Crippen LogP contribution in [0.5, 0.6) is 5.75 Å². The van der Waals surface area contributed by atoms with E-state index in [1.165, 1.54) is 36.8 Å².